The molecule has 10 heteroatoms. The van der Waals surface area contributed by atoms with E-state index in [1.807, 2.05) is 0 Å². The first-order chi connectivity index (χ1) is 16.4. The predicted octanol–water partition coefficient (Wildman–Crippen LogP) is 1.84. The minimum Gasteiger partial charge on any atom is -0.497 e. The van der Waals surface area contributed by atoms with Crippen LogP contribution in [-0.4, -0.2) is 47.1 Å². The average molecular weight is 459 g/mol. The number of hydrogen-bond donors (Lipinski definition) is 1. The molecule has 4 amide bonds. The van der Waals surface area contributed by atoms with Gasteiger partial charge in [-0.1, -0.05) is 0 Å². The Hall–Kier alpha value is -4.47. The molecule has 5 rings (SSSR count). The van der Waals surface area contributed by atoms with Crippen LogP contribution in [0.1, 0.15) is 39.4 Å². The van der Waals surface area contributed by atoms with Crippen molar-refractivity contribution >= 4 is 35.0 Å². The van der Waals surface area contributed by atoms with E-state index in [4.69, 9.17) is 10.5 Å². The van der Waals surface area contributed by atoms with Crippen molar-refractivity contribution in [3.63, 3.8) is 0 Å². The summed E-state index contributed by atoms with van der Waals surface area (Å²) in [6.07, 6.45) is 0.789. The third-order valence-electron chi connectivity index (χ3n) is 6.04. The minimum atomic E-state index is -0.700. The van der Waals surface area contributed by atoms with Crippen LogP contribution in [0.4, 0.5) is 11.4 Å². The Morgan fingerprint density at radius 2 is 1.47 bits per heavy atom. The Morgan fingerprint density at radius 3 is 2.06 bits per heavy atom. The van der Waals surface area contributed by atoms with Gasteiger partial charge in [0.25, 0.3) is 11.8 Å². The number of carbonyl (C=O) groups excluding carboxylic acids is 4. The SMILES string of the molecule is COc1ccc(-n2nc(C(N)=O)c3c2C(=O)N(c2ccc(N4C(=O)CCC4=O)cc2)CC3)cc1. The zero-order chi connectivity index (χ0) is 24.0. The van der Waals surface area contributed by atoms with E-state index in [0.29, 0.717) is 41.3 Å². The first kappa shape index (κ1) is 21.4. The van der Waals surface area contributed by atoms with Crippen LogP contribution in [-0.2, 0) is 16.0 Å². The summed E-state index contributed by atoms with van der Waals surface area (Å²) in [5.74, 6) is -0.868. The fourth-order valence-electron chi connectivity index (χ4n) is 4.36. The zero-order valence-corrected chi connectivity index (χ0v) is 18.4. The van der Waals surface area contributed by atoms with Crippen LogP contribution < -0.4 is 20.3 Å². The third kappa shape index (κ3) is 3.40. The van der Waals surface area contributed by atoms with E-state index in [1.54, 1.807) is 60.5 Å². The van der Waals surface area contributed by atoms with Gasteiger partial charge in [0.2, 0.25) is 11.8 Å². The number of hydrogen-bond acceptors (Lipinski definition) is 6. The summed E-state index contributed by atoms with van der Waals surface area (Å²) in [5, 5.41) is 4.35. The summed E-state index contributed by atoms with van der Waals surface area (Å²) in [7, 11) is 1.55. The lowest BCUT2D eigenvalue weighted by atomic mass is 10.0. The molecule has 0 unspecified atom stereocenters. The lowest BCUT2D eigenvalue weighted by Crippen LogP contribution is -2.39. The normalized spacial score (nSPS) is 15.6. The number of fused-ring (bicyclic) bond motifs is 1. The smallest absolute Gasteiger partial charge is 0.277 e. The lowest BCUT2D eigenvalue weighted by molar-refractivity contribution is -0.121. The summed E-state index contributed by atoms with van der Waals surface area (Å²) in [6.45, 7) is 0.321. The molecule has 2 N–H and O–H groups in total. The van der Waals surface area contributed by atoms with Gasteiger partial charge >= 0.3 is 0 Å². The Kier molecular flexibility index (Phi) is 5.12. The maximum absolute atomic E-state index is 13.6. The van der Waals surface area contributed by atoms with Crippen molar-refractivity contribution < 1.29 is 23.9 Å². The van der Waals surface area contributed by atoms with Crippen molar-refractivity contribution in [2.75, 3.05) is 23.5 Å². The van der Waals surface area contributed by atoms with Crippen LogP contribution in [0.25, 0.3) is 5.69 Å². The number of benzene rings is 2. The number of aromatic nitrogens is 2. The van der Waals surface area contributed by atoms with Crippen LogP contribution in [0.3, 0.4) is 0 Å². The van der Waals surface area contributed by atoms with Gasteiger partial charge in [0, 0.05) is 30.6 Å². The van der Waals surface area contributed by atoms with E-state index < -0.39 is 5.91 Å². The number of nitrogens with zero attached hydrogens (tertiary/aromatic N) is 4. The van der Waals surface area contributed by atoms with Gasteiger partial charge in [-0.05, 0) is 55.0 Å². The fourth-order valence-corrected chi connectivity index (χ4v) is 4.36. The number of rotatable bonds is 5. The number of nitrogens with two attached hydrogens (primary N) is 1. The number of methoxy groups -OCH3 is 1. The molecule has 3 aromatic rings. The number of amides is 4. The standard InChI is InChI=1S/C24H21N5O5/c1-34-17-8-6-16(7-9-17)29-22-18(21(26-29)23(25)32)12-13-27(24(22)33)14-2-4-15(5-3-14)28-19(30)10-11-20(28)31/h2-9H,10-13H2,1H3,(H2,25,32). The molecule has 34 heavy (non-hydrogen) atoms. The molecule has 1 fully saturated rings. The molecule has 2 aliphatic rings. The monoisotopic (exact) mass is 459 g/mol. The highest BCUT2D eigenvalue weighted by molar-refractivity contribution is 6.20. The molecule has 0 bridgehead atoms. The summed E-state index contributed by atoms with van der Waals surface area (Å²) >= 11 is 0. The minimum absolute atomic E-state index is 0.0697. The van der Waals surface area contributed by atoms with Crippen LogP contribution in [0.5, 0.6) is 5.75 Å². The molecule has 0 aliphatic carbocycles. The molecule has 0 atom stereocenters. The average Bonchev–Trinajstić information content (AvgIpc) is 3.40. The Labute approximate surface area is 194 Å². The first-order valence-corrected chi connectivity index (χ1v) is 10.7. The second-order valence-electron chi connectivity index (χ2n) is 8.00. The number of imide groups is 1. The molecule has 0 spiro atoms. The zero-order valence-electron chi connectivity index (χ0n) is 18.4. The second-order valence-corrected chi connectivity index (χ2v) is 8.00. The Morgan fingerprint density at radius 1 is 0.882 bits per heavy atom. The largest absolute Gasteiger partial charge is 0.497 e. The molecular weight excluding hydrogens is 438 g/mol. The van der Waals surface area contributed by atoms with E-state index in [0.717, 1.165) is 4.90 Å². The number of carbonyl (C=O) groups is 4. The van der Waals surface area contributed by atoms with Gasteiger partial charge in [-0.25, -0.2) is 4.68 Å². The van der Waals surface area contributed by atoms with Crippen molar-refractivity contribution in [2.24, 2.45) is 5.73 Å². The molecule has 2 aromatic carbocycles. The third-order valence-corrected chi connectivity index (χ3v) is 6.04. The van der Waals surface area contributed by atoms with E-state index in [-0.39, 0.29) is 42.0 Å². The van der Waals surface area contributed by atoms with Crippen LogP contribution in [0.15, 0.2) is 48.5 Å². The molecule has 3 heterocycles. The molecule has 1 aromatic heterocycles. The van der Waals surface area contributed by atoms with E-state index >= 15 is 0 Å². The maximum atomic E-state index is 13.6. The van der Waals surface area contributed by atoms with Crippen LogP contribution in [0.2, 0.25) is 0 Å². The van der Waals surface area contributed by atoms with Gasteiger partial charge in [0.05, 0.1) is 18.5 Å². The number of anilines is 2. The summed E-state index contributed by atoms with van der Waals surface area (Å²) in [5.41, 5.74) is 8.04. The molecular formula is C24H21N5O5. The fraction of sp³-hybridized carbons (Fsp3) is 0.208. The summed E-state index contributed by atoms with van der Waals surface area (Å²) in [4.78, 5) is 52.4. The van der Waals surface area contributed by atoms with E-state index in [2.05, 4.69) is 5.10 Å². The van der Waals surface area contributed by atoms with E-state index in [9.17, 15) is 19.2 Å². The summed E-state index contributed by atoms with van der Waals surface area (Å²) in [6, 6.07) is 13.6. The van der Waals surface area contributed by atoms with Crippen molar-refractivity contribution in [3.8, 4) is 11.4 Å². The predicted molar refractivity (Wildman–Crippen MR) is 122 cm³/mol. The molecule has 172 valence electrons. The highest BCUT2D eigenvalue weighted by Gasteiger charge is 2.35. The van der Waals surface area contributed by atoms with Gasteiger partial charge in [0.15, 0.2) is 5.69 Å². The molecule has 10 nitrogen and oxygen atoms in total. The van der Waals surface area contributed by atoms with Gasteiger partial charge in [-0.3, -0.25) is 24.1 Å². The first-order valence-electron chi connectivity index (χ1n) is 10.7. The van der Waals surface area contributed by atoms with Gasteiger partial charge in [-0.2, -0.15) is 5.10 Å². The van der Waals surface area contributed by atoms with Gasteiger partial charge in [-0.15, -0.1) is 0 Å². The topological polar surface area (TPSA) is 128 Å². The summed E-state index contributed by atoms with van der Waals surface area (Å²) < 4.78 is 6.62. The van der Waals surface area contributed by atoms with Crippen molar-refractivity contribution in [3.05, 3.63) is 65.5 Å². The quantitative estimate of drug-likeness (QED) is 0.580. The van der Waals surface area contributed by atoms with Crippen molar-refractivity contribution in [1.29, 1.82) is 0 Å². The number of primary amides is 1. The van der Waals surface area contributed by atoms with Crippen LogP contribution in [0, 0.1) is 0 Å². The maximum Gasteiger partial charge on any atom is 0.277 e. The second kappa shape index (κ2) is 8.14. The number of ether oxygens (including phenoxy) is 1. The highest BCUT2D eigenvalue weighted by Crippen LogP contribution is 2.31. The highest BCUT2D eigenvalue weighted by atomic mass is 16.5. The lowest BCUT2D eigenvalue weighted by Gasteiger charge is -2.28. The molecule has 2 aliphatic heterocycles. The van der Waals surface area contributed by atoms with Crippen LogP contribution >= 0.6 is 0 Å². The van der Waals surface area contributed by atoms with Crippen molar-refractivity contribution in [1.82, 2.24) is 9.78 Å². The van der Waals surface area contributed by atoms with Gasteiger partial charge in [0.1, 0.15) is 11.4 Å². The molecule has 1 saturated heterocycles. The Bertz CT molecular complexity index is 1310. The Balaban J connectivity index is 1.51. The van der Waals surface area contributed by atoms with E-state index in [1.165, 1.54) is 4.68 Å². The molecule has 0 saturated carbocycles. The molecule has 0 radical (unpaired) electrons. The van der Waals surface area contributed by atoms with Gasteiger partial charge < -0.3 is 15.4 Å². The van der Waals surface area contributed by atoms with Crippen molar-refractivity contribution in [2.45, 2.75) is 19.3 Å².